The van der Waals surface area contributed by atoms with E-state index in [2.05, 4.69) is 49.6 Å². The second-order valence-electron chi connectivity index (χ2n) is 5.36. The van der Waals surface area contributed by atoms with E-state index in [9.17, 15) is 0 Å². The molecule has 0 bridgehead atoms. The summed E-state index contributed by atoms with van der Waals surface area (Å²) in [6.07, 6.45) is 1.22. The molecule has 0 aliphatic heterocycles. The maximum atomic E-state index is 5.89. The van der Waals surface area contributed by atoms with Gasteiger partial charge in [0, 0.05) is 11.7 Å². The molecule has 1 rings (SSSR count). The van der Waals surface area contributed by atoms with Crippen LogP contribution in [0.4, 0.5) is 5.69 Å². The smallest absolute Gasteiger partial charge is 0.0320 e. The van der Waals surface area contributed by atoms with Crippen LogP contribution < -0.4 is 5.73 Å². The molecule has 0 spiro atoms. The first-order valence-electron chi connectivity index (χ1n) is 7.94. The molecule has 3 nitrogen and oxygen atoms in total. The van der Waals surface area contributed by atoms with E-state index < -0.39 is 0 Å². The van der Waals surface area contributed by atoms with Crippen LogP contribution in [0.5, 0.6) is 0 Å². The standard InChI is InChI=1S/C17H31N3/c1-5-19(6-2)12-9-13-20(7-3)15(4)16-10-8-11-17(18)14-16/h8,10-11,14-15H,5-7,9,12-13,18H2,1-4H3. The summed E-state index contributed by atoms with van der Waals surface area (Å²) in [4.78, 5) is 5.01. The molecule has 1 atom stereocenters. The second kappa shape index (κ2) is 8.98. The number of nitrogens with zero attached hydrogens (tertiary/aromatic N) is 2. The minimum atomic E-state index is 0.431. The van der Waals surface area contributed by atoms with Gasteiger partial charge in [-0.05, 0) is 63.8 Å². The van der Waals surface area contributed by atoms with Gasteiger partial charge in [0.05, 0.1) is 0 Å². The van der Waals surface area contributed by atoms with Crippen molar-refractivity contribution in [3.63, 3.8) is 0 Å². The van der Waals surface area contributed by atoms with Crippen molar-refractivity contribution in [1.82, 2.24) is 9.80 Å². The minimum Gasteiger partial charge on any atom is -0.399 e. The molecule has 114 valence electrons. The number of rotatable bonds is 9. The van der Waals surface area contributed by atoms with E-state index in [-0.39, 0.29) is 0 Å². The first-order chi connectivity index (χ1) is 9.62. The average molecular weight is 277 g/mol. The van der Waals surface area contributed by atoms with E-state index in [1.165, 1.54) is 18.5 Å². The van der Waals surface area contributed by atoms with Crippen LogP contribution >= 0.6 is 0 Å². The molecule has 3 heteroatoms. The zero-order valence-corrected chi connectivity index (χ0v) is 13.6. The lowest BCUT2D eigenvalue weighted by molar-refractivity contribution is 0.200. The Bertz CT molecular complexity index is 374. The van der Waals surface area contributed by atoms with Crippen molar-refractivity contribution in [3.05, 3.63) is 29.8 Å². The predicted molar refractivity (Wildman–Crippen MR) is 88.9 cm³/mol. The molecule has 0 saturated carbocycles. The second-order valence-corrected chi connectivity index (χ2v) is 5.36. The van der Waals surface area contributed by atoms with Crippen molar-refractivity contribution in [1.29, 1.82) is 0 Å². The summed E-state index contributed by atoms with van der Waals surface area (Å²) in [7, 11) is 0. The van der Waals surface area contributed by atoms with E-state index in [1.54, 1.807) is 0 Å². The van der Waals surface area contributed by atoms with Gasteiger partial charge in [-0.15, -0.1) is 0 Å². The molecule has 0 saturated heterocycles. The largest absolute Gasteiger partial charge is 0.399 e. The molecule has 1 unspecified atom stereocenters. The molecule has 1 aromatic carbocycles. The van der Waals surface area contributed by atoms with Crippen molar-refractivity contribution < 1.29 is 0 Å². The van der Waals surface area contributed by atoms with Crippen molar-refractivity contribution >= 4 is 5.69 Å². The SMILES string of the molecule is CCN(CC)CCCN(CC)C(C)c1cccc(N)c1. The lowest BCUT2D eigenvalue weighted by Gasteiger charge is -2.29. The third-order valence-electron chi connectivity index (χ3n) is 4.16. The minimum absolute atomic E-state index is 0.431. The van der Waals surface area contributed by atoms with Gasteiger partial charge in [-0.3, -0.25) is 4.90 Å². The summed E-state index contributed by atoms with van der Waals surface area (Å²) < 4.78 is 0. The zero-order valence-electron chi connectivity index (χ0n) is 13.6. The third kappa shape index (κ3) is 5.14. The number of benzene rings is 1. The van der Waals surface area contributed by atoms with E-state index >= 15 is 0 Å². The Balaban J connectivity index is 2.53. The van der Waals surface area contributed by atoms with E-state index in [4.69, 9.17) is 5.73 Å². The summed E-state index contributed by atoms with van der Waals surface area (Å²) >= 11 is 0. The lowest BCUT2D eigenvalue weighted by Crippen LogP contribution is -2.31. The zero-order chi connectivity index (χ0) is 15.0. The fourth-order valence-electron chi connectivity index (χ4n) is 2.69. The summed E-state index contributed by atoms with van der Waals surface area (Å²) in [5.74, 6) is 0. The molecule has 0 heterocycles. The highest BCUT2D eigenvalue weighted by molar-refractivity contribution is 5.41. The normalized spacial score (nSPS) is 13.1. The highest BCUT2D eigenvalue weighted by atomic mass is 15.2. The Morgan fingerprint density at radius 3 is 2.30 bits per heavy atom. The van der Waals surface area contributed by atoms with Crippen LogP contribution in [-0.4, -0.2) is 42.5 Å². The van der Waals surface area contributed by atoms with Crippen LogP contribution in [0, 0.1) is 0 Å². The predicted octanol–water partition coefficient (Wildman–Crippen LogP) is 3.38. The van der Waals surface area contributed by atoms with Gasteiger partial charge in [0.2, 0.25) is 0 Å². The molecule has 20 heavy (non-hydrogen) atoms. The molecule has 0 aliphatic carbocycles. The van der Waals surface area contributed by atoms with Gasteiger partial charge in [0.25, 0.3) is 0 Å². The molecule has 0 aromatic heterocycles. The summed E-state index contributed by atoms with van der Waals surface area (Å²) in [5, 5.41) is 0. The Kier molecular flexibility index (Phi) is 7.63. The van der Waals surface area contributed by atoms with Crippen molar-refractivity contribution in [2.24, 2.45) is 0 Å². The molecule has 2 N–H and O–H groups in total. The molecule has 0 radical (unpaired) electrons. The van der Waals surface area contributed by atoms with Crippen LogP contribution in [0.1, 0.15) is 45.7 Å². The van der Waals surface area contributed by atoms with Crippen LogP contribution in [-0.2, 0) is 0 Å². The van der Waals surface area contributed by atoms with Gasteiger partial charge in [-0.1, -0.05) is 32.9 Å². The van der Waals surface area contributed by atoms with Crippen LogP contribution in [0.25, 0.3) is 0 Å². The number of hydrogen-bond donors (Lipinski definition) is 1. The maximum absolute atomic E-state index is 5.89. The van der Waals surface area contributed by atoms with E-state index in [0.717, 1.165) is 31.9 Å². The molecule has 0 fully saturated rings. The van der Waals surface area contributed by atoms with Crippen LogP contribution in [0.3, 0.4) is 0 Å². The van der Waals surface area contributed by atoms with Gasteiger partial charge >= 0.3 is 0 Å². The first-order valence-corrected chi connectivity index (χ1v) is 7.94. The highest BCUT2D eigenvalue weighted by Crippen LogP contribution is 2.21. The molecular weight excluding hydrogens is 246 g/mol. The number of nitrogens with two attached hydrogens (primary N) is 1. The van der Waals surface area contributed by atoms with Gasteiger partial charge in [-0.2, -0.15) is 0 Å². The van der Waals surface area contributed by atoms with Crippen molar-refractivity contribution in [2.45, 2.75) is 40.2 Å². The van der Waals surface area contributed by atoms with Crippen LogP contribution in [0.2, 0.25) is 0 Å². The highest BCUT2D eigenvalue weighted by Gasteiger charge is 2.14. The average Bonchev–Trinajstić information content (AvgIpc) is 2.47. The topological polar surface area (TPSA) is 32.5 Å². The lowest BCUT2D eigenvalue weighted by atomic mass is 10.1. The summed E-state index contributed by atoms with van der Waals surface area (Å²) in [6, 6.07) is 8.70. The summed E-state index contributed by atoms with van der Waals surface area (Å²) in [5.41, 5.74) is 8.06. The summed E-state index contributed by atoms with van der Waals surface area (Å²) in [6.45, 7) is 14.7. The molecular formula is C17H31N3. The molecule has 0 amide bonds. The van der Waals surface area contributed by atoms with Gasteiger partial charge < -0.3 is 10.6 Å². The van der Waals surface area contributed by atoms with Crippen molar-refractivity contribution in [3.8, 4) is 0 Å². The number of hydrogen-bond acceptors (Lipinski definition) is 3. The third-order valence-corrected chi connectivity index (χ3v) is 4.16. The Morgan fingerprint density at radius 2 is 1.75 bits per heavy atom. The van der Waals surface area contributed by atoms with Crippen molar-refractivity contribution in [2.75, 3.05) is 38.5 Å². The molecule has 1 aromatic rings. The van der Waals surface area contributed by atoms with Gasteiger partial charge in [0.15, 0.2) is 0 Å². The quantitative estimate of drug-likeness (QED) is 0.702. The Morgan fingerprint density at radius 1 is 1.05 bits per heavy atom. The fraction of sp³-hybridized carbons (Fsp3) is 0.647. The van der Waals surface area contributed by atoms with Gasteiger partial charge in [-0.25, -0.2) is 0 Å². The van der Waals surface area contributed by atoms with Crippen LogP contribution in [0.15, 0.2) is 24.3 Å². The monoisotopic (exact) mass is 277 g/mol. The first kappa shape index (κ1) is 17.0. The maximum Gasteiger partial charge on any atom is 0.0320 e. The fourth-order valence-corrected chi connectivity index (χ4v) is 2.69. The van der Waals surface area contributed by atoms with E-state index in [0.29, 0.717) is 6.04 Å². The number of nitrogen functional groups attached to an aromatic ring is 1. The Hall–Kier alpha value is -1.06. The van der Waals surface area contributed by atoms with E-state index in [1.807, 2.05) is 12.1 Å². The number of anilines is 1. The molecule has 0 aliphatic rings. The Labute approximate surface area is 124 Å². The van der Waals surface area contributed by atoms with Gasteiger partial charge in [0.1, 0.15) is 0 Å².